The molecule has 0 unspecified atom stereocenters. The summed E-state index contributed by atoms with van der Waals surface area (Å²) in [5, 5.41) is 3.44. The molecule has 10 nitrogen and oxygen atoms in total. The molecule has 3 aromatic carbocycles. The second-order valence-electron chi connectivity index (χ2n) is 10.4. The minimum atomic E-state index is 0. The first kappa shape index (κ1) is 30.7. The molecule has 0 saturated heterocycles. The van der Waals surface area contributed by atoms with E-state index in [1.807, 2.05) is 30.6 Å². The second kappa shape index (κ2) is 13.7. The molecule has 0 atom stereocenters. The number of anilines is 2. The van der Waals surface area contributed by atoms with E-state index in [1.165, 1.54) is 16.7 Å². The molecule has 0 saturated carbocycles. The average molecular weight is 617 g/mol. The first-order valence-electron chi connectivity index (χ1n) is 14.3. The molecule has 230 valence electrons. The Labute approximate surface area is 263 Å². The van der Waals surface area contributed by atoms with Crippen molar-refractivity contribution in [2.75, 3.05) is 51.7 Å². The van der Waals surface area contributed by atoms with Gasteiger partial charge in [-0.3, -0.25) is 0 Å². The molecule has 0 fully saturated rings. The number of halogens is 1. The Morgan fingerprint density at radius 3 is 2.20 bits per heavy atom. The lowest BCUT2D eigenvalue weighted by atomic mass is 9.98. The Bertz CT molecular complexity index is 1730. The monoisotopic (exact) mass is 616 g/mol. The van der Waals surface area contributed by atoms with Gasteiger partial charge in [-0.1, -0.05) is 36.4 Å². The van der Waals surface area contributed by atoms with E-state index in [9.17, 15) is 0 Å². The molecule has 2 aromatic heterocycles. The largest absolute Gasteiger partial charge is 0.493 e. The highest BCUT2D eigenvalue weighted by Crippen LogP contribution is 2.36. The van der Waals surface area contributed by atoms with Crippen molar-refractivity contribution in [3.05, 3.63) is 89.2 Å². The van der Waals surface area contributed by atoms with E-state index in [1.54, 1.807) is 28.4 Å². The van der Waals surface area contributed by atoms with Gasteiger partial charge in [0.25, 0.3) is 0 Å². The van der Waals surface area contributed by atoms with Crippen molar-refractivity contribution in [3.63, 3.8) is 0 Å². The van der Waals surface area contributed by atoms with Crippen LogP contribution in [-0.4, -0.2) is 61.0 Å². The van der Waals surface area contributed by atoms with Crippen LogP contribution in [0.4, 0.5) is 11.8 Å². The number of fused-ring (bicyclic) bond motifs is 2. The van der Waals surface area contributed by atoms with Crippen LogP contribution in [0.3, 0.4) is 0 Å². The maximum absolute atomic E-state index is 5.61. The predicted molar refractivity (Wildman–Crippen MR) is 174 cm³/mol. The number of ether oxygens (including phenoxy) is 4. The van der Waals surface area contributed by atoms with E-state index in [2.05, 4.69) is 51.2 Å². The lowest BCUT2D eigenvalue weighted by molar-refractivity contribution is 0.353. The third kappa shape index (κ3) is 6.30. The lowest BCUT2D eigenvalue weighted by Gasteiger charge is -2.31. The molecule has 0 bridgehead atoms. The number of nitrogens with one attached hydrogen (secondary N) is 1. The first-order valence-corrected chi connectivity index (χ1v) is 14.3. The van der Waals surface area contributed by atoms with E-state index >= 15 is 0 Å². The van der Waals surface area contributed by atoms with Gasteiger partial charge in [0.1, 0.15) is 5.52 Å². The SMILES string of the molecule is COc1ccc(CCNc2nc(N3CCc4cc(OC)c(OC)cc4C3)c3c(ncn3Cc3ccccc3)n2)cc1OC.Cl. The Morgan fingerprint density at radius 2 is 1.48 bits per heavy atom. The summed E-state index contributed by atoms with van der Waals surface area (Å²) in [4.78, 5) is 16.9. The van der Waals surface area contributed by atoms with Crippen molar-refractivity contribution >= 4 is 35.3 Å². The molecule has 11 heteroatoms. The van der Waals surface area contributed by atoms with Crippen molar-refractivity contribution in [2.24, 2.45) is 0 Å². The molecule has 1 aliphatic heterocycles. The van der Waals surface area contributed by atoms with E-state index in [0.717, 1.165) is 47.8 Å². The Kier molecular flexibility index (Phi) is 9.59. The zero-order chi connectivity index (χ0) is 29.8. The zero-order valence-corrected chi connectivity index (χ0v) is 26.2. The summed E-state index contributed by atoms with van der Waals surface area (Å²) < 4.78 is 24.1. The standard InChI is InChI=1S/C33H36N6O4.ClH/c1-40-26-11-10-22(16-27(26)41-2)12-14-34-33-36-31-30(39(21-35-31)19-23-8-6-5-7-9-23)32(37-33)38-15-13-24-17-28(42-3)29(43-4)18-25(24)20-38;/h5-11,16-18,21H,12-15,19-20H2,1-4H3,(H,34,36,37);1H. The fourth-order valence-corrected chi connectivity index (χ4v) is 5.58. The molecular formula is C33H37ClN6O4. The molecule has 3 heterocycles. The van der Waals surface area contributed by atoms with E-state index in [4.69, 9.17) is 33.9 Å². The summed E-state index contributed by atoms with van der Waals surface area (Å²) in [6.45, 7) is 2.81. The highest BCUT2D eigenvalue weighted by Gasteiger charge is 2.25. The zero-order valence-electron chi connectivity index (χ0n) is 25.4. The van der Waals surface area contributed by atoms with Crippen LogP contribution in [0.25, 0.3) is 11.2 Å². The third-order valence-electron chi connectivity index (χ3n) is 7.81. The number of hydrogen-bond acceptors (Lipinski definition) is 9. The summed E-state index contributed by atoms with van der Waals surface area (Å²) in [5.41, 5.74) is 6.32. The van der Waals surface area contributed by atoms with Crippen molar-refractivity contribution in [3.8, 4) is 23.0 Å². The van der Waals surface area contributed by atoms with E-state index in [0.29, 0.717) is 42.7 Å². The summed E-state index contributed by atoms with van der Waals surface area (Å²) >= 11 is 0. The van der Waals surface area contributed by atoms with Crippen LogP contribution in [0.1, 0.15) is 22.3 Å². The smallest absolute Gasteiger partial charge is 0.226 e. The maximum atomic E-state index is 5.61. The summed E-state index contributed by atoms with van der Waals surface area (Å²) in [7, 11) is 6.62. The number of nitrogens with zero attached hydrogens (tertiary/aromatic N) is 5. The summed E-state index contributed by atoms with van der Waals surface area (Å²) in [6.07, 6.45) is 3.48. The molecule has 0 amide bonds. The molecule has 1 N–H and O–H groups in total. The van der Waals surface area contributed by atoms with Crippen LogP contribution in [0, 0.1) is 0 Å². The topological polar surface area (TPSA) is 95.8 Å². The van der Waals surface area contributed by atoms with Crippen LogP contribution >= 0.6 is 12.4 Å². The normalized spacial score (nSPS) is 12.3. The van der Waals surface area contributed by atoms with Crippen LogP contribution in [0.5, 0.6) is 23.0 Å². The van der Waals surface area contributed by atoms with Gasteiger partial charge in [0.2, 0.25) is 5.95 Å². The number of methoxy groups -OCH3 is 4. The van der Waals surface area contributed by atoms with E-state index < -0.39 is 0 Å². The van der Waals surface area contributed by atoms with Crippen LogP contribution in [0.2, 0.25) is 0 Å². The molecule has 44 heavy (non-hydrogen) atoms. The first-order chi connectivity index (χ1) is 21.1. The predicted octanol–water partition coefficient (Wildman–Crippen LogP) is 5.55. The van der Waals surface area contributed by atoms with Crippen LogP contribution < -0.4 is 29.2 Å². The maximum Gasteiger partial charge on any atom is 0.226 e. The van der Waals surface area contributed by atoms with E-state index in [-0.39, 0.29) is 12.4 Å². The number of imidazole rings is 1. The number of rotatable bonds is 11. The van der Waals surface area contributed by atoms with Gasteiger partial charge in [-0.2, -0.15) is 9.97 Å². The van der Waals surface area contributed by atoms with Crippen molar-refractivity contribution in [2.45, 2.75) is 25.9 Å². The van der Waals surface area contributed by atoms with Gasteiger partial charge in [-0.05, 0) is 59.4 Å². The highest BCUT2D eigenvalue weighted by molar-refractivity contribution is 5.86. The lowest BCUT2D eigenvalue weighted by Crippen LogP contribution is -2.32. The molecule has 6 rings (SSSR count). The van der Waals surface area contributed by atoms with Gasteiger partial charge in [-0.15, -0.1) is 12.4 Å². The summed E-state index contributed by atoms with van der Waals surface area (Å²) in [6, 6.07) is 20.5. The Hall–Kier alpha value is -4.70. The molecule has 0 spiro atoms. The summed E-state index contributed by atoms with van der Waals surface area (Å²) in [5.74, 6) is 4.30. The van der Waals surface area contributed by atoms with Gasteiger partial charge < -0.3 is 33.7 Å². The molecular weight excluding hydrogens is 580 g/mol. The Balaban J connectivity index is 0.00000384. The van der Waals surface area contributed by atoms with Gasteiger partial charge >= 0.3 is 0 Å². The highest BCUT2D eigenvalue weighted by atomic mass is 35.5. The van der Waals surface area contributed by atoms with Gasteiger partial charge in [0.15, 0.2) is 34.5 Å². The number of hydrogen-bond donors (Lipinski definition) is 1. The minimum Gasteiger partial charge on any atom is -0.493 e. The molecule has 5 aromatic rings. The van der Waals surface area contributed by atoms with Crippen molar-refractivity contribution in [1.29, 1.82) is 0 Å². The molecule has 0 aliphatic carbocycles. The Morgan fingerprint density at radius 1 is 0.773 bits per heavy atom. The quantitative estimate of drug-likeness (QED) is 0.205. The van der Waals surface area contributed by atoms with Crippen LogP contribution in [0.15, 0.2) is 67.0 Å². The molecule has 1 aliphatic rings. The third-order valence-corrected chi connectivity index (χ3v) is 7.81. The number of aromatic nitrogens is 4. The van der Waals surface area contributed by atoms with Gasteiger partial charge in [0, 0.05) is 26.2 Å². The fraction of sp³-hybridized carbons (Fsp3) is 0.303. The van der Waals surface area contributed by atoms with Crippen molar-refractivity contribution < 1.29 is 18.9 Å². The van der Waals surface area contributed by atoms with Gasteiger partial charge in [-0.25, -0.2) is 4.98 Å². The van der Waals surface area contributed by atoms with Crippen molar-refractivity contribution in [1.82, 2.24) is 19.5 Å². The van der Waals surface area contributed by atoms with Crippen LogP contribution in [-0.2, 0) is 25.9 Å². The second-order valence-corrected chi connectivity index (χ2v) is 10.4. The average Bonchev–Trinajstić information content (AvgIpc) is 3.45. The van der Waals surface area contributed by atoms with Gasteiger partial charge in [0.05, 0.1) is 34.8 Å². The molecule has 0 radical (unpaired) electrons. The number of benzene rings is 3. The fourth-order valence-electron chi connectivity index (χ4n) is 5.58. The minimum absolute atomic E-state index is 0.